The lowest BCUT2D eigenvalue weighted by Gasteiger charge is -2.03. The highest BCUT2D eigenvalue weighted by Crippen LogP contribution is 2.24. The van der Waals surface area contributed by atoms with Crippen molar-refractivity contribution in [1.82, 2.24) is 0 Å². The van der Waals surface area contributed by atoms with Crippen LogP contribution in [-0.4, -0.2) is 11.1 Å². The molecule has 1 aromatic rings. The van der Waals surface area contributed by atoms with Gasteiger partial charge in [-0.05, 0) is 42.5 Å². The van der Waals surface area contributed by atoms with E-state index in [1.54, 1.807) is 0 Å². The summed E-state index contributed by atoms with van der Waals surface area (Å²) in [6, 6.07) is 6.18. The second kappa shape index (κ2) is 4.17. The van der Waals surface area contributed by atoms with Crippen molar-refractivity contribution in [3.63, 3.8) is 0 Å². The average Bonchev–Trinajstić information content (AvgIpc) is 2.64. The number of aryl methyl sites for hydroxylation is 2. The maximum atomic E-state index is 10.2. The summed E-state index contributed by atoms with van der Waals surface area (Å²) < 4.78 is 0. The van der Waals surface area contributed by atoms with Gasteiger partial charge in [-0.25, -0.2) is 4.79 Å². The van der Waals surface area contributed by atoms with Crippen molar-refractivity contribution in [2.75, 3.05) is 5.32 Å². The first kappa shape index (κ1) is 9.77. The van der Waals surface area contributed by atoms with Crippen molar-refractivity contribution < 1.29 is 9.90 Å². The zero-order valence-electron chi connectivity index (χ0n) is 8.36. The largest absolute Gasteiger partial charge is 0.478 e. The van der Waals surface area contributed by atoms with Crippen LogP contribution in [0, 0.1) is 0 Å². The first-order valence-corrected chi connectivity index (χ1v) is 5.03. The number of fused-ring (bicyclic) bond motifs is 1. The lowest BCUT2D eigenvalue weighted by atomic mass is 10.1. The summed E-state index contributed by atoms with van der Waals surface area (Å²) in [4.78, 5) is 10.2. The number of hydrogen-bond acceptors (Lipinski definition) is 2. The van der Waals surface area contributed by atoms with E-state index in [0.717, 1.165) is 18.2 Å². The van der Waals surface area contributed by atoms with Crippen molar-refractivity contribution in [2.24, 2.45) is 0 Å². The molecule has 0 fully saturated rings. The molecule has 0 unspecified atom stereocenters. The number of aliphatic carboxylic acids is 1. The summed E-state index contributed by atoms with van der Waals surface area (Å²) in [5.41, 5.74) is 3.75. The smallest absolute Gasteiger partial charge is 0.329 e. The van der Waals surface area contributed by atoms with Gasteiger partial charge in [-0.2, -0.15) is 0 Å². The van der Waals surface area contributed by atoms with Gasteiger partial charge in [0.1, 0.15) is 0 Å². The van der Waals surface area contributed by atoms with E-state index in [0.29, 0.717) is 0 Å². The van der Waals surface area contributed by atoms with Gasteiger partial charge in [0, 0.05) is 18.0 Å². The monoisotopic (exact) mass is 203 g/mol. The number of anilines is 1. The minimum Gasteiger partial charge on any atom is -0.478 e. The van der Waals surface area contributed by atoms with Crippen molar-refractivity contribution in [3.8, 4) is 0 Å². The molecule has 0 bridgehead atoms. The number of rotatable bonds is 3. The molecule has 78 valence electrons. The van der Waals surface area contributed by atoms with E-state index in [1.165, 1.54) is 30.2 Å². The quantitative estimate of drug-likeness (QED) is 0.740. The maximum absolute atomic E-state index is 10.2. The molecule has 2 N–H and O–H groups in total. The Balaban J connectivity index is 2.07. The summed E-state index contributed by atoms with van der Waals surface area (Å²) in [7, 11) is 0. The lowest BCUT2D eigenvalue weighted by Crippen LogP contribution is -1.93. The summed E-state index contributed by atoms with van der Waals surface area (Å²) >= 11 is 0. The van der Waals surface area contributed by atoms with Gasteiger partial charge >= 0.3 is 5.97 Å². The van der Waals surface area contributed by atoms with Crippen molar-refractivity contribution in [2.45, 2.75) is 19.3 Å². The minimum absolute atomic E-state index is 0.941. The minimum atomic E-state index is -0.941. The predicted octanol–water partition coefficient (Wildman–Crippen LogP) is 2.19. The topological polar surface area (TPSA) is 49.3 Å². The van der Waals surface area contributed by atoms with Crippen LogP contribution in [0.2, 0.25) is 0 Å². The van der Waals surface area contributed by atoms with E-state index in [2.05, 4.69) is 17.4 Å². The molecule has 0 aromatic heterocycles. The SMILES string of the molecule is O=C(O)/C=C/Nc1ccc2c(c1)CCC2. The Morgan fingerprint density at radius 2 is 2.13 bits per heavy atom. The molecule has 0 atom stereocenters. The summed E-state index contributed by atoms with van der Waals surface area (Å²) in [5.74, 6) is -0.941. The zero-order chi connectivity index (χ0) is 10.7. The highest BCUT2D eigenvalue weighted by Gasteiger charge is 2.09. The zero-order valence-corrected chi connectivity index (χ0v) is 8.36. The number of benzene rings is 1. The van der Waals surface area contributed by atoms with Gasteiger partial charge in [0.15, 0.2) is 0 Å². The van der Waals surface area contributed by atoms with Gasteiger partial charge in [-0.3, -0.25) is 0 Å². The summed E-state index contributed by atoms with van der Waals surface area (Å²) in [6.45, 7) is 0. The van der Waals surface area contributed by atoms with Crippen molar-refractivity contribution in [3.05, 3.63) is 41.6 Å². The van der Waals surface area contributed by atoms with Crippen molar-refractivity contribution in [1.29, 1.82) is 0 Å². The van der Waals surface area contributed by atoms with Crippen LogP contribution < -0.4 is 5.32 Å². The first-order valence-electron chi connectivity index (χ1n) is 5.03. The van der Waals surface area contributed by atoms with Crippen LogP contribution in [0.15, 0.2) is 30.5 Å². The first-order chi connectivity index (χ1) is 7.25. The van der Waals surface area contributed by atoms with Crippen LogP contribution >= 0.6 is 0 Å². The Morgan fingerprint density at radius 1 is 1.33 bits per heavy atom. The second-order valence-electron chi connectivity index (χ2n) is 3.65. The molecule has 0 aliphatic heterocycles. The standard InChI is InChI=1S/C12H13NO2/c14-12(15)6-7-13-11-5-4-9-2-1-3-10(9)8-11/h4-8,13H,1-3H2,(H,14,15)/b7-6+. The number of carboxylic acid groups (broad SMARTS) is 1. The van der Waals surface area contributed by atoms with E-state index in [-0.39, 0.29) is 0 Å². The fourth-order valence-electron chi connectivity index (χ4n) is 1.87. The molecule has 1 aromatic carbocycles. The molecule has 0 radical (unpaired) electrons. The molecule has 1 aliphatic carbocycles. The number of carboxylic acids is 1. The highest BCUT2D eigenvalue weighted by atomic mass is 16.4. The summed E-state index contributed by atoms with van der Waals surface area (Å²) in [6.07, 6.45) is 6.06. The highest BCUT2D eigenvalue weighted by molar-refractivity contribution is 5.80. The van der Waals surface area contributed by atoms with Gasteiger partial charge in [-0.15, -0.1) is 0 Å². The van der Waals surface area contributed by atoms with Crippen LogP contribution in [0.25, 0.3) is 0 Å². The molecule has 0 saturated heterocycles. The van der Waals surface area contributed by atoms with E-state index in [9.17, 15) is 4.79 Å². The molecule has 0 saturated carbocycles. The molecule has 3 nitrogen and oxygen atoms in total. The van der Waals surface area contributed by atoms with E-state index < -0.39 is 5.97 Å². The van der Waals surface area contributed by atoms with E-state index in [4.69, 9.17) is 5.11 Å². The Labute approximate surface area is 88.4 Å². The second-order valence-corrected chi connectivity index (χ2v) is 3.65. The Bertz CT molecular complexity index is 410. The molecule has 0 spiro atoms. The number of hydrogen-bond donors (Lipinski definition) is 2. The summed E-state index contributed by atoms with van der Waals surface area (Å²) in [5, 5.41) is 11.4. The third-order valence-corrected chi connectivity index (χ3v) is 2.57. The van der Waals surface area contributed by atoms with E-state index >= 15 is 0 Å². The number of nitrogens with one attached hydrogen (secondary N) is 1. The van der Waals surface area contributed by atoms with Gasteiger partial charge < -0.3 is 10.4 Å². The molecular weight excluding hydrogens is 190 g/mol. The Hall–Kier alpha value is -1.77. The van der Waals surface area contributed by atoms with Gasteiger partial charge in [0.05, 0.1) is 0 Å². The van der Waals surface area contributed by atoms with Crippen LogP contribution in [0.3, 0.4) is 0 Å². The van der Waals surface area contributed by atoms with Crippen LogP contribution in [0.4, 0.5) is 5.69 Å². The van der Waals surface area contributed by atoms with Crippen LogP contribution in [0.5, 0.6) is 0 Å². The molecule has 2 rings (SSSR count). The normalized spacial score (nSPS) is 14.1. The molecule has 0 amide bonds. The molecule has 15 heavy (non-hydrogen) atoms. The molecular formula is C12H13NO2. The molecule has 1 aliphatic rings. The molecule has 0 heterocycles. The third kappa shape index (κ3) is 2.37. The Kier molecular flexibility index (Phi) is 2.72. The third-order valence-electron chi connectivity index (χ3n) is 2.57. The number of carbonyl (C=O) groups is 1. The predicted molar refractivity (Wildman–Crippen MR) is 58.9 cm³/mol. The van der Waals surface area contributed by atoms with Crippen molar-refractivity contribution >= 4 is 11.7 Å². The van der Waals surface area contributed by atoms with Gasteiger partial charge in [0.25, 0.3) is 0 Å². The lowest BCUT2D eigenvalue weighted by molar-refractivity contribution is -0.131. The fraction of sp³-hybridized carbons (Fsp3) is 0.250. The fourth-order valence-corrected chi connectivity index (χ4v) is 1.87. The van der Waals surface area contributed by atoms with Gasteiger partial charge in [-0.1, -0.05) is 6.07 Å². The van der Waals surface area contributed by atoms with E-state index in [1.807, 2.05) is 6.07 Å². The van der Waals surface area contributed by atoms with Crippen LogP contribution in [-0.2, 0) is 17.6 Å². The van der Waals surface area contributed by atoms with Gasteiger partial charge in [0.2, 0.25) is 0 Å². The maximum Gasteiger partial charge on any atom is 0.329 e. The average molecular weight is 203 g/mol. The Morgan fingerprint density at radius 3 is 2.93 bits per heavy atom. The van der Waals surface area contributed by atoms with Crippen LogP contribution in [0.1, 0.15) is 17.5 Å². The molecule has 3 heteroatoms.